The van der Waals surface area contributed by atoms with Gasteiger partial charge in [0.2, 0.25) is 0 Å². The van der Waals surface area contributed by atoms with E-state index in [-0.39, 0.29) is 19.1 Å². The number of carbonyl (C=O) groups is 2. The highest BCUT2D eigenvalue weighted by atomic mass is 16.6. The maximum absolute atomic E-state index is 13.2. The van der Waals surface area contributed by atoms with Gasteiger partial charge in [0, 0.05) is 24.2 Å². The maximum atomic E-state index is 13.2. The van der Waals surface area contributed by atoms with Gasteiger partial charge in [-0.1, -0.05) is 42.5 Å². The number of ether oxygens (including phenoxy) is 3. The number of esters is 1. The van der Waals surface area contributed by atoms with E-state index in [4.69, 9.17) is 19.2 Å². The first-order chi connectivity index (χ1) is 20.4. The van der Waals surface area contributed by atoms with Crippen LogP contribution in [0.2, 0.25) is 0 Å². The quantitative estimate of drug-likeness (QED) is 0.160. The number of imidazole rings is 1. The van der Waals surface area contributed by atoms with Gasteiger partial charge in [-0.3, -0.25) is 4.79 Å². The molecular weight excluding hydrogens is 544 g/mol. The summed E-state index contributed by atoms with van der Waals surface area (Å²) in [5.41, 5.74) is 4.43. The number of aromatic amines is 1. The number of nitrogens with zero attached hydrogens (tertiary/aromatic N) is 2. The SMILES string of the molecule is COc1ccccc1-c1nc2c(-c3cccc(COC(=O)N(CCNCC(=O)OC(C)(C)C)C(C)(C)C)c3)cccc2[nH]1. The molecule has 0 saturated carbocycles. The molecule has 3 aromatic carbocycles. The van der Waals surface area contributed by atoms with Gasteiger partial charge in [-0.25, -0.2) is 9.78 Å². The molecule has 0 aliphatic rings. The predicted octanol–water partition coefficient (Wildman–Crippen LogP) is 6.57. The van der Waals surface area contributed by atoms with Crippen molar-refractivity contribution in [3.05, 3.63) is 72.3 Å². The molecule has 0 radical (unpaired) electrons. The molecule has 4 aromatic rings. The molecule has 0 atom stereocenters. The first-order valence-electron chi connectivity index (χ1n) is 14.4. The Kier molecular flexibility index (Phi) is 9.76. The van der Waals surface area contributed by atoms with Crippen molar-refractivity contribution in [3.8, 4) is 28.3 Å². The number of fused-ring (bicyclic) bond motifs is 1. The number of rotatable bonds is 10. The lowest BCUT2D eigenvalue weighted by Crippen LogP contribution is -2.49. The Balaban J connectivity index is 1.44. The molecule has 0 aliphatic carbocycles. The van der Waals surface area contributed by atoms with Crippen molar-refractivity contribution in [1.29, 1.82) is 0 Å². The van der Waals surface area contributed by atoms with Gasteiger partial charge in [-0.05, 0) is 76.9 Å². The molecule has 0 aliphatic heterocycles. The van der Waals surface area contributed by atoms with Gasteiger partial charge in [-0.15, -0.1) is 0 Å². The Morgan fingerprint density at radius 3 is 2.37 bits per heavy atom. The van der Waals surface area contributed by atoms with Gasteiger partial charge < -0.3 is 29.4 Å². The van der Waals surface area contributed by atoms with Crippen molar-refractivity contribution in [3.63, 3.8) is 0 Å². The number of para-hydroxylation sites is 2. The monoisotopic (exact) mass is 586 g/mol. The fourth-order valence-electron chi connectivity index (χ4n) is 4.74. The average Bonchev–Trinajstić information content (AvgIpc) is 3.39. The summed E-state index contributed by atoms with van der Waals surface area (Å²) in [5.74, 6) is 1.14. The molecule has 4 rings (SSSR count). The summed E-state index contributed by atoms with van der Waals surface area (Å²) < 4.78 is 16.6. The van der Waals surface area contributed by atoms with Crippen molar-refractivity contribution in [2.75, 3.05) is 26.7 Å². The summed E-state index contributed by atoms with van der Waals surface area (Å²) in [6.07, 6.45) is -0.423. The Morgan fingerprint density at radius 2 is 1.65 bits per heavy atom. The lowest BCUT2D eigenvalue weighted by atomic mass is 10.0. The van der Waals surface area contributed by atoms with Crippen LogP contribution in [0.25, 0.3) is 33.5 Å². The lowest BCUT2D eigenvalue weighted by Gasteiger charge is -2.34. The van der Waals surface area contributed by atoms with E-state index in [1.54, 1.807) is 12.0 Å². The zero-order valence-electron chi connectivity index (χ0n) is 26.1. The number of aromatic nitrogens is 2. The van der Waals surface area contributed by atoms with E-state index >= 15 is 0 Å². The van der Waals surface area contributed by atoms with E-state index < -0.39 is 17.2 Å². The Bertz CT molecular complexity index is 1570. The molecule has 0 fully saturated rings. The molecule has 1 heterocycles. The van der Waals surface area contributed by atoms with Crippen molar-refractivity contribution in [1.82, 2.24) is 20.2 Å². The van der Waals surface area contributed by atoms with E-state index in [0.29, 0.717) is 13.1 Å². The summed E-state index contributed by atoms with van der Waals surface area (Å²) in [4.78, 5) is 35.1. The summed E-state index contributed by atoms with van der Waals surface area (Å²) in [6.45, 7) is 12.3. The number of amides is 1. The van der Waals surface area contributed by atoms with E-state index in [9.17, 15) is 9.59 Å². The highest BCUT2D eigenvalue weighted by molar-refractivity contribution is 5.94. The van der Waals surface area contributed by atoms with Crippen LogP contribution >= 0.6 is 0 Å². The largest absolute Gasteiger partial charge is 0.496 e. The molecule has 0 saturated heterocycles. The van der Waals surface area contributed by atoms with E-state index in [0.717, 1.165) is 44.9 Å². The second-order valence-electron chi connectivity index (χ2n) is 12.3. The standard InChI is InChI=1S/C34H42N4O5/c1-33(2,3)38(19-18-35-21-29(39)43-34(4,5)6)32(40)42-22-23-12-10-13-24(20-23)25-15-11-16-27-30(25)37-31(36-27)26-14-8-9-17-28(26)41-7/h8-17,20,35H,18-19,21-22H2,1-7H3,(H,36,37). The second-order valence-corrected chi connectivity index (χ2v) is 12.3. The number of hydrogen-bond acceptors (Lipinski definition) is 7. The van der Waals surface area contributed by atoms with Gasteiger partial charge >= 0.3 is 12.1 Å². The molecule has 1 amide bonds. The number of carbonyl (C=O) groups excluding carboxylic acids is 2. The minimum Gasteiger partial charge on any atom is -0.496 e. The third kappa shape index (κ3) is 8.35. The first kappa shape index (κ1) is 31.6. The first-order valence-corrected chi connectivity index (χ1v) is 14.4. The Morgan fingerprint density at radius 1 is 0.930 bits per heavy atom. The average molecular weight is 587 g/mol. The zero-order chi connectivity index (χ0) is 31.2. The topological polar surface area (TPSA) is 106 Å². The van der Waals surface area contributed by atoms with E-state index in [1.807, 2.05) is 108 Å². The van der Waals surface area contributed by atoms with Crippen LogP contribution in [0.4, 0.5) is 4.79 Å². The predicted molar refractivity (Wildman–Crippen MR) is 169 cm³/mol. The van der Waals surface area contributed by atoms with Gasteiger partial charge in [-0.2, -0.15) is 0 Å². The molecule has 0 bridgehead atoms. The second kappa shape index (κ2) is 13.3. The highest BCUT2D eigenvalue weighted by Gasteiger charge is 2.27. The van der Waals surface area contributed by atoms with Crippen LogP contribution in [-0.4, -0.2) is 64.8 Å². The van der Waals surface area contributed by atoms with Crippen molar-refractivity contribution in [2.24, 2.45) is 0 Å². The molecule has 9 nitrogen and oxygen atoms in total. The van der Waals surface area contributed by atoms with Crippen LogP contribution in [0.1, 0.15) is 47.1 Å². The third-order valence-electron chi connectivity index (χ3n) is 6.71. The van der Waals surface area contributed by atoms with Gasteiger partial charge in [0.25, 0.3) is 0 Å². The van der Waals surface area contributed by atoms with Crippen LogP contribution in [0.3, 0.4) is 0 Å². The summed E-state index contributed by atoms with van der Waals surface area (Å²) in [7, 11) is 1.65. The third-order valence-corrected chi connectivity index (χ3v) is 6.71. The minimum absolute atomic E-state index is 0.0697. The molecular formula is C34H42N4O5. The summed E-state index contributed by atoms with van der Waals surface area (Å²) in [5, 5.41) is 3.06. The molecule has 9 heteroatoms. The Hall–Kier alpha value is -4.37. The maximum Gasteiger partial charge on any atom is 0.410 e. The molecule has 0 unspecified atom stereocenters. The fourth-order valence-corrected chi connectivity index (χ4v) is 4.74. The Labute approximate surface area is 253 Å². The number of methoxy groups -OCH3 is 1. The number of benzene rings is 3. The molecule has 2 N–H and O–H groups in total. The van der Waals surface area contributed by atoms with Crippen LogP contribution in [0, 0.1) is 0 Å². The van der Waals surface area contributed by atoms with Crippen LogP contribution in [-0.2, 0) is 20.9 Å². The van der Waals surface area contributed by atoms with Gasteiger partial charge in [0.15, 0.2) is 0 Å². The smallest absolute Gasteiger partial charge is 0.410 e. The van der Waals surface area contributed by atoms with Crippen LogP contribution in [0.5, 0.6) is 5.75 Å². The van der Waals surface area contributed by atoms with E-state index in [1.165, 1.54) is 0 Å². The van der Waals surface area contributed by atoms with Gasteiger partial charge in [0.05, 0.1) is 30.3 Å². The number of H-pyrrole nitrogens is 1. The zero-order valence-corrected chi connectivity index (χ0v) is 26.1. The normalized spacial score (nSPS) is 11.8. The van der Waals surface area contributed by atoms with Crippen LogP contribution < -0.4 is 10.1 Å². The van der Waals surface area contributed by atoms with Crippen molar-refractivity contribution < 1.29 is 23.8 Å². The van der Waals surface area contributed by atoms with Crippen molar-refractivity contribution >= 4 is 23.1 Å². The van der Waals surface area contributed by atoms with E-state index in [2.05, 4.69) is 10.3 Å². The minimum atomic E-state index is -0.540. The fraction of sp³-hybridized carbons (Fsp3) is 0.382. The van der Waals surface area contributed by atoms with Gasteiger partial charge in [0.1, 0.15) is 23.8 Å². The molecule has 228 valence electrons. The molecule has 43 heavy (non-hydrogen) atoms. The number of hydrogen-bond donors (Lipinski definition) is 2. The molecule has 0 spiro atoms. The summed E-state index contributed by atoms with van der Waals surface area (Å²) >= 11 is 0. The van der Waals surface area contributed by atoms with Crippen LogP contribution in [0.15, 0.2) is 66.7 Å². The number of nitrogens with one attached hydrogen (secondary N) is 2. The molecule has 1 aromatic heterocycles. The summed E-state index contributed by atoms with van der Waals surface area (Å²) in [6, 6.07) is 21.7. The lowest BCUT2D eigenvalue weighted by molar-refractivity contribution is -0.153. The van der Waals surface area contributed by atoms with Crippen molar-refractivity contribution in [2.45, 2.75) is 59.3 Å². The highest BCUT2D eigenvalue weighted by Crippen LogP contribution is 2.33.